The van der Waals surface area contributed by atoms with Crippen LogP contribution >= 0.6 is 0 Å². The predicted octanol–water partition coefficient (Wildman–Crippen LogP) is 2.82. The largest absolute Gasteiger partial charge is 0.481 e. The number of hydrogen-bond donors (Lipinski definition) is 1. The second kappa shape index (κ2) is 6.70. The average molecular weight is 293 g/mol. The number of hydrogen-bond acceptors (Lipinski definition) is 2. The highest BCUT2D eigenvalue weighted by atomic mass is 19.1. The smallest absolute Gasteiger partial charge is 0.303 e. The number of benzene rings is 1. The van der Waals surface area contributed by atoms with Gasteiger partial charge in [-0.15, -0.1) is 0 Å². The molecule has 5 heteroatoms. The zero-order valence-electron chi connectivity index (χ0n) is 12.1. The summed E-state index contributed by atoms with van der Waals surface area (Å²) in [6.07, 6.45) is 2.14. The van der Waals surface area contributed by atoms with Crippen LogP contribution in [0, 0.1) is 11.7 Å². The van der Waals surface area contributed by atoms with E-state index in [0.717, 1.165) is 18.4 Å². The van der Waals surface area contributed by atoms with Gasteiger partial charge in [0.2, 0.25) is 5.91 Å². The third-order valence-corrected chi connectivity index (χ3v) is 3.60. The Morgan fingerprint density at radius 2 is 2.10 bits per heavy atom. The first kappa shape index (κ1) is 15.5. The molecule has 1 N–H and O–H groups in total. The molecule has 0 radical (unpaired) electrons. The van der Waals surface area contributed by atoms with Crippen molar-refractivity contribution in [2.24, 2.45) is 5.92 Å². The molecular formula is C16H20FNO3. The summed E-state index contributed by atoms with van der Waals surface area (Å²) in [6, 6.07) is 6.46. The van der Waals surface area contributed by atoms with Gasteiger partial charge in [0, 0.05) is 25.4 Å². The van der Waals surface area contributed by atoms with Crippen LogP contribution in [0.15, 0.2) is 24.3 Å². The van der Waals surface area contributed by atoms with Gasteiger partial charge < -0.3 is 10.0 Å². The topological polar surface area (TPSA) is 57.6 Å². The lowest BCUT2D eigenvalue weighted by Gasteiger charge is -2.24. The first-order chi connectivity index (χ1) is 9.95. The molecule has 1 saturated carbocycles. The SMILES string of the molecule is CC(CC(=O)O)CC(=O)N(Cc1cccc(F)c1)C1CC1. The number of carbonyl (C=O) groups is 2. The van der Waals surface area contributed by atoms with E-state index in [1.807, 2.05) is 0 Å². The van der Waals surface area contributed by atoms with Crippen LogP contribution in [0.1, 0.15) is 38.2 Å². The molecule has 1 unspecified atom stereocenters. The van der Waals surface area contributed by atoms with Crippen molar-refractivity contribution in [2.75, 3.05) is 0 Å². The lowest BCUT2D eigenvalue weighted by atomic mass is 10.0. The number of amides is 1. The van der Waals surface area contributed by atoms with Crippen molar-refractivity contribution >= 4 is 11.9 Å². The van der Waals surface area contributed by atoms with E-state index in [1.165, 1.54) is 12.1 Å². The average Bonchev–Trinajstić information content (AvgIpc) is 3.18. The maximum Gasteiger partial charge on any atom is 0.303 e. The van der Waals surface area contributed by atoms with Crippen LogP contribution in [0.5, 0.6) is 0 Å². The second-order valence-electron chi connectivity index (χ2n) is 5.79. The summed E-state index contributed by atoms with van der Waals surface area (Å²) in [6.45, 7) is 2.15. The molecule has 4 nitrogen and oxygen atoms in total. The van der Waals surface area contributed by atoms with Gasteiger partial charge in [-0.25, -0.2) is 4.39 Å². The van der Waals surface area contributed by atoms with Crippen molar-refractivity contribution in [1.82, 2.24) is 4.90 Å². The highest BCUT2D eigenvalue weighted by Gasteiger charge is 2.33. The molecule has 1 aliphatic carbocycles. The molecule has 0 saturated heterocycles. The van der Waals surface area contributed by atoms with Crippen LogP contribution in [0.25, 0.3) is 0 Å². The molecule has 0 aromatic heterocycles. The van der Waals surface area contributed by atoms with Crippen molar-refractivity contribution in [2.45, 2.75) is 45.2 Å². The molecule has 1 amide bonds. The van der Waals surface area contributed by atoms with Crippen LogP contribution in [0.3, 0.4) is 0 Å². The van der Waals surface area contributed by atoms with Gasteiger partial charge in [0.15, 0.2) is 0 Å². The minimum absolute atomic E-state index is 0.00971. The predicted molar refractivity (Wildman–Crippen MR) is 76.0 cm³/mol. The number of aliphatic carboxylic acids is 1. The lowest BCUT2D eigenvalue weighted by Crippen LogP contribution is -2.33. The Morgan fingerprint density at radius 1 is 1.38 bits per heavy atom. The number of carboxylic acids is 1. The summed E-state index contributed by atoms with van der Waals surface area (Å²) in [5.41, 5.74) is 0.765. The molecule has 0 spiro atoms. The fraction of sp³-hybridized carbons (Fsp3) is 0.500. The first-order valence-corrected chi connectivity index (χ1v) is 7.21. The standard InChI is InChI=1S/C16H20FNO3/c1-11(8-16(20)21)7-15(19)18(14-5-6-14)10-12-3-2-4-13(17)9-12/h2-4,9,11,14H,5-8,10H2,1H3,(H,20,21). The quantitative estimate of drug-likeness (QED) is 0.841. The van der Waals surface area contributed by atoms with Gasteiger partial charge in [-0.2, -0.15) is 0 Å². The summed E-state index contributed by atoms with van der Waals surface area (Å²) in [5, 5.41) is 8.76. The van der Waals surface area contributed by atoms with Gasteiger partial charge in [0.05, 0.1) is 0 Å². The second-order valence-corrected chi connectivity index (χ2v) is 5.79. The van der Waals surface area contributed by atoms with Crippen molar-refractivity contribution in [3.63, 3.8) is 0 Å². The summed E-state index contributed by atoms with van der Waals surface area (Å²) < 4.78 is 13.2. The highest BCUT2D eigenvalue weighted by molar-refractivity contribution is 5.78. The molecule has 0 heterocycles. The molecule has 114 valence electrons. The zero-order chi connectivity index (χ0) is 15.4. The molecular weight excluding hydrogens is 273 g/mol. The summed E-state index contributed by atoms with van der Waals surface area (Å²) in [4.78, 5) is 24.8. The van der Waals surface area contributed by atoms with Crippen molar-refractivity contribution in [3.05, 3.63) is 35.6 Å². The normalized spacial score (nSPS) is 15.5. The number of carbonyl (C=O) groups excluding carboxylic acids is 1. The molecule has 0 aliphatic heterocycles. The van der Waals surface area contributed by atoms with Gasteiger partial charge in [0.1, 0.15) is 5.82 Å². The Hall–Kier alpha value is -1.91. The molecule has 1 fully saturated rings. The van der Waals surface area contributed by atoms with Crippen molar-refractivity contribution < 1.29 is 19.1 Å². The monoisotopic (exact) mass is 293 g/mol. The van der Waals surface area contributed by atoms with Crippen molar-refractivity contribution in [3.8, 4) is 0 Å². The van der Waals surface area contributed by atoms with Gasteiger partial charge >= 0.3 is 5.97 Å². The summed E-state index contributed by atoms with van der Waals surface area (Å²) in [5.74, 6) is -1.44. The molecule has 21 heavy (non-hydrogen) atoms. The first-order valence-electron chi connectivity index (χ1n) is 7.21. The van der Waals surface area contributed by atoms with E-state index < -0.39 is 5.97 Å². The van der Waals surface area contributed by atoms with E-state index in [0.29, 0.717) is 6.54 Å². The van der Waals surface area contributed by atoms with Gasteiger partial charge in [-0.05, 0) is 36.5 Å². The summed E-state index contributed by atoms with van der Waals surface area (Å²) >= 11 is 0. The number of carboxylic acid groups (broad SMARTS) is 1. The zero-order valence-corrected chi connectivity index (χ0v) is 12.1. The van der Waals surface area contributed by atoms with Crippen LogP contribution in [-0.4, -0.2) is 27.9 Å². The van der Waals surface area contributed by atoms with Gasteiger partial charge in [0.25, 0.3) is 0 Å². The number of rotatable bonds is 7. The Bertz CT molecular complexity index is 528. The fourth-order valence-electron chi connectivity index (χ4n) is 2.42. The van der Waals surface area contributed by atoms with Gasteiger partial charge in [-0.1, -0.05) is 19.1 Å². The molecule has 0 bridgehead atoms. The Kier molecular flexibility index (Phi) is 4.94. The maximum atomic E-state index is 13.2. The number of halogens is 1. The van der Waals surface area contributed by atoms with E-state index in [1.54, 1.807) is 24.0 Å². The van der Waals surface area contributed by atoms with E-state index in [2.05, 4.69) is 0 Å². The third-order valence-electron chi connectivity index (χ3n) is 3.60. The molecule has 1 aromatic carbocycles. The highest BCUT2D eigenvalue weighted by Crippen LogP contribution is 2.30. The Morgan fingerprint density at radius 3 is 2.67 bits per heavy atom. The molecule has 1 atom stereocenters. The minimum atomic E-state index is -0.890. The number of nitrogens with zero attached hydrogens (tertiary/aromatic N) is 1. The maximum absolute atomic E-state index is 13.2. The van der Waals surface area contributed by atoms with E-state index >= 15 is 0 Å². The van der Waals surface area contributed by atoms with Crippen LogP contribution in [0.2, 0.25) is 0 Å². The van der Waals surface area contributed by atoms with Gasteiger partial charge in [-0.3, -0.25) is 9.59 Å². The van der Waals surface area contributed by atoms with Crippen LogP contribution in [-0.2, 0) is 16.1 Å². The Balaban J connectivity index is 1.98. The Labute approximate surface area is 123 Å². The molecule has 1 aliphatic rings. The fourth-order valence-corrected chi connectivity index (χ4v) is 2.42. The lowest BCUT2D eigenvalue weighted by molar-refractivity contribution is -0.138. The molecule has 1 aromatic rings. The molecule has 2 rings (SSSR count). The van der Waals surface area contributed by atoms with E-state index in [-0.39, 0.29) is 36.5 Å². The van der Waals surface area contributed by atoms with Crippen molar-refractivity contribution in [1.29, 1.82) is 0 Å². The minimum Gasteiger partial charge on any atom is -0.481 e. The summed E-state index contributed by atoms with van der Waals surface area (Å²) in [7, 11) is 0. The van der Waals surface area contributed by atoms with E-state index in [4.69, 9.17) is 5.11 Å². The third kappa shape index (κ3) is 4.85. The van der Waals surface area contributed by atoms with Crippen LogP contribution in [0.4, 0.5) is 4.39 Å². The van der Waals surface area contributed by atoms with Crippen LogP contribution < -0.4 is 0 Å². The van der Waals surface area contributed by atoms with E-state index in [9.17, 15) is 14.0 Å².